The van der Waals surface area contributed by atoms with Crippen molar-refractivity contribution in [3.63, 3.8) is 0 Å². The molecule has 1 nitrogen and oxygen atoms in total. The Bertz CT molecular complexity index is 266. The summed E-state index contributed by atoms with van der Waals surface area (Å²) in [5, 5.41) is 3.64. The number of hydrogen-bond acceptors (Lipinski definition) is 1. The first-order chi connectivity index (χ1) is 9.27. The van der Waals surface area contributed by atoms with Crippen molar-refractivity contribution >= 4 is 17.2 Å². The molecule has 0 radical (unpaired) electrons. The van der Waals surface area contributed by atoms with Crippen molar-refractivity contribution in [2.24, 2.45) is 5.92 Å². The number of unbranched alkanes of at least 4 members (excludes halogenated alkanes) is 2. The van der Waals surface area contributed by atoms with E-state index in [1.165, 1.54) is 64.2 Å². The molecule has 1 unspecified atom stereocenters. The Labute approximate surface area is 125 Å². The summed E-state index contributed by atoms with van der Waals surface area (Å²) < 4.78 is 0. The summed E-state index contributed by atoms with van der Waals surface area (Å²) in [6, 6.07) is 0.665. The second kappa shape index (κ2) is 10.4. The lowest BCUT2D eigenvalue weighted by Gasteiger charge is -2.27. The van der Waals surface area contributed by atoms with Crippen LogP contribution < -0.4 is 5.32 Å². The van der Waals surface area contributed by atoms with Crippen LogP contribution in [-0.2, 0) is 0 Å². The molecule has 0 heterocycles. The normalized spacial score (nSPS) is 18.6. The van der Waals surface area contributed by atoms with E-state index in [4.69, 9.17) is 12.2 Å². The van der Waals surface area contributed by atoms with E-state index >= 15 is 0 Å². The smallest absolute Gasteiger partial charge is 0.0786 e. The first kappa shape index (κ1) is 16.7. The highest BCUT2D eigenvalue weighted by molar-refractivity contribution is 7.80. The lowest BCUT2D eigenvalue weighted by Crippen LogP contribution is -2.38. The van der Waals surface area contributed by atoms with E-state index < -0.39 is 0 Å². The van der Waals surface area contributed by atoms with Gasteiger partial charge in [0.2, 0.25) is 0 Å². The van der Waals surface area contributed by atoms with Crippen molar-refractivity contribution in [3.05, 3.63) is 12.2 Å². The van der Waals surface area contributed by atoms with Gasteiger partial charge in [-0.25, -0.2) is 0 Å². The highest BCUT2D eigenvalue weighted by atomic mass is 32.1. The topological polar surface area (TPSA) is 12.0 Å². The van der Waals surface area contributed by atoms with E-state index in [9.17, 15) is 0 Å². The zero-order valence-corrected chi connectivity index (χ0v) is 13.6. The molecule has 110 valence electrons. The summed E-state index contributed by atoms with van der Waals surface area (Å²) >= 11 is 5.63. The van der Waals surface area contributed by atoms with Crippen molar-refractivity contribution in [2.45, 2.75) is 84.1 Å². The average Bonchev–Trinajstić information content (AvgIpc) is 2.44. The van der Waals surface area contributed by atoms with Gasteiger partial charge in [-0.3, -0.25) is 0 Å². The maximum Gasteiger partial charge on any atom is 0.0786 e. The van der Waals surface area contributed by atoms with Crippen molar-refractivity contribution < 1.29 is 0 Å². The number of nitrogens with one attached hydrogen (secondary N) is 1. The summed E-state index contributed by atoms with van der Waals surface area (Å²) in [5.41, 5.74) is 0. The first-order valence-electron chi connectivity index (χ1n) is 8.19. The van der Waals surface area contributed by atoms with Gasteiger partial charge in [0.15, 0.2) is 0 Å². The Morgan fingerprint density at radius 3 is 2.63 bits per heavy atom. The van der Waals surface area contributed by atoms with E-state index in [0.29, 0.717) is 12.0 Å². The third-order valence-corrected chi connectivity index (χ3v) is 4.68. The SMILES string of the molecule is CC=CCCCCC(CC)C(=S)NC1CCCCC1. The molecule has 1 N–H and O–H groups in total. The molecule has 1 aliphatic rings. The van der Waals surface area contributed by atoms with Crippen molar-refractivity contribution in [3.8, 4) is 0 Å². The molecule has 0 saturated heterocycles. The summed E-state index contributed by atoms with van der Waals surface area (Å²) in [6.45, 7) is 4.36. The van der Waals surface area contributed by atoms with Crippen LogP contribution in [0.1, 0.15) is 78.1 Å². The predicted molar refractivity (Wildman–Crippen MR) is 89.7 cm³/mol. The largest absolute Gasteiger partial charge is 0.377 e. The average molecular weight is 282 g/mol. The molecule has 0 aromatic heterocycles. The van der Waals surface area contributed by atoms with Gasteiger partial charge in [-0.1, -0.05) is 57.0 Å². The minimum Gasteiger partial charge on any atom is -0.377 e. The minimum absolute atomic E-state index is 0.600. The summed E-state index contributed by atoms with van der Waals surface area (Å²) in [7, 11) is 0. The molecule has 0 aromatic rings. The lowest BCUT2D eigenvalue weighted by atomic mass is 9.93. The monoisotopic (exact) mass is 281 g/mol. The second-order valence-electron chi connectivity index (χ2n) is 5.80. The van der Waals surface area contributed by atoms with E-state index in [2.05, 4.69) is 31.3 Å². The van der Waals surface area contributed by atoms with E-state index in [-0.39, 0.29) is 0 Å². The Morgan fingerprint density at radius 1 is 1.26 bits per heavy atom. The minimum atomic E-state index is 0.600. The Hall–Kier alpha value is -0.370. The van der Waals surface area contributed by atoms with Crippen LogP contribution >= 0.6 is 12.2 Å². The third kappa shape index (κ3) is 7.10. The van der Waals surface area contributed by atoms with Crippen LogP contribution in [0, 0.1) is 5.92 Å². The van der Waals surface area contributed by atoms with Crippen LogP contribution in [0.15, 0.2) is 12.2 Å². The molecule has 2 heteroatoms. The van der Waals surface area contributed by atoms with Crippen LogP contribution in [-0.4, -0.2) is 11.0 Å². The molecule has 0 aliphatic heterocycles. The second-order valence-corrected chi connectivity index (χ2v) is 6.24. The highest BCUT2D eigenvalue weighted by Crippen LogP contribution is 2.20. The molecule has 0 amide bonds. The third-order valence-electron chi connectivity index (χ3n) is 4.22. The fourth-order valence-corrected chi connectivity index (χ4v) is 3.36. The maximum absolute atomic E-state index is 5.63. The van der Waals surface area contributed by atoms with Gasteiger partial charge in [0, 0.05) is 12.0 Å². The Morgan fingerprint density at radius 2 is 2.00 bits per heavy atom. The molecule has 1 fully saturated rings. The molecular weight excluding hydrogens is 250 g/mol. The summed E-state index contributed by atoms with van der Waals surface area (Å²) in [4.78, 5) is 1.14. The molecule has 1 saturated carbocycles. The summed E-state index contributed by atoms with van der Waals surface area (Å²) in [6.07, 6.45) is 17.5. The van der Waals surface area contributed by atoms with Gasteiger partial charge in [0.25, 0.3) is 0 Å². The lowest BCUT2D eigenvalue weighted by molar-refractivity contribution is 0.406. The fourth-order valence-electron chi connectivity index (χ4n) is 2.91. The van der Waals surface area contributed by atoms with Crippen molar-refractivity contribution in [1.29, 1.82) is 0 Å². The highest BCUT2D eigenvalue weighted by Gasteiger charge is 2.18. The molecule has 0 spiro atoms. The van der Waals surface area contributed by atoms with Crippen LogP contribution in [0.4, 0.5) is 0 Å². The first-order valence-corrected chi connectivity index (χ1v) is 8.60. The standard InChI is InChI=1S/C17H31NS/c1-3-5-6-7-9-12-15(4-2)17(19)18-16-13-10-8-11-14-16/h3,5,15-16H,4,6-14H2,1-2H3,(H,18,19). The van der Waals surface area contributed by atoms with Gasteiger partial charge in [-0.2, -0.15) is 0 Å². The van der Waals surface area contributed by atoms with E-state index in [0.717, 1.165) is 4.99 Å². The molecule has 19 heavy (non-hydrogen) atoms. The van der Waals surface area contributed by atoms with Crippen molar-refractivity contribution in [2.75, 3.05) is 0 Å². The van der Waals surface area contributed by atoms with Gasteiger partial charge < -0.3 is 5.32 Å². The van der Waals surface area contributed by atoms with E-state index in [1.807, 2.05) is 0 Å². The van der Waals surface area contributed by atoms with E-state index in [1.54, 1.807) is 0 Å². The number of rotatable bonds is 8. The number of hydrogen-bond donors (Lipinski definition) is 1. The zero-order chi connectivity index (χ0) is 13.9. The van der Waals surface area contributed by atoms with Gasteiger partial charge in [0.05, 0.1) is 4.99 Å². The van der Waals surface area contributed by atoms with Crippen LogP contribution in [0.25, 0.3) is 0 Å². The number of allylic oxidation sites excluding steroid dienone is 2. The van der Waals surface area contributed by atoms with Gasteiger partial charge in [0.1, 0.15) is 0 Å². The van der Waals surface area contributed by atoms with Crippen LogP contribution in [0.3, 0.4) is 0 Å². The predicted octanol–water partition coefficient (Wildman–Crippen LogP) is 5.40. The molecule has 0 aromatic carbocycles. The molecule has 0 bridgehead atoms. The molecular formula is C17H31NS. The summed E-state index contributed by atoms with van der Waals surface area (Å²) in [5.74, 6) is 0.600. The Balaban J connectivity index is 2.22. The Kier molecular flexibility index (Phi) is 9.15. The zero-order valence-electron chi connectivity index (χ0n) is 12.8. The quantitative estimate of drug-likeness (QED) is 0.363. The van der Waals surface area contributed by atoms with Gasteiger partial charge in [-0.15, -0.1) is 0 Å². The maximum atomic E-state index is 5.63. The number of thiocarbonyl (C=S) groups is 1. The molecule has 1 aliphatic carbocycles. The molecule has 1 atom stereocenters. The van der Waals surface area contributed by atoms with Crippen LogP contribution in [0.5, 0.6) is 0 Å². The van der Waals surface area contributed by atoms with Crippen molar-refractivity contribution in [1.82, 2.24) is 5.32 Å². The molecule has 1 rings (SSSR count). The fraction of sp³-hybridized carbons (Fsp3) is 0.824. The van der Waals surface area contributed by atoms with Gasteiger partial charge >= 0.3 is 0 Å². The van der Waals surface area contributed by atoms with Crippen LogP contribution in [0.2, 0.25) is 0 Å². The van der Waals surface area contributed by atoms with Gasteiger partial charge in [-0.05, 0) is 45.4 Å².